The summed E-state index contributed by atoms with van der Waals surface area (Å²) < 4.78 is 40.0. The number of alkyl halides is 3. The van der Waals surface area contributed by atoms with E-state index in [1.54, 1.807) is 12.1 Å². The zero-order chi connectivity index (χ0) is 16.4. The molecule has 1 aromatic heterocycles. The topological polar surface area (TPSA) is 29.9 Å². The summed E-state index contributed by atoms with van der Waals surface area (Å²) in [7, 11) is 0. The van der Waals surface area contributed by atoms with Crippen molar-refractivity contribution in [2.75, 3.05) is 6.54 Å². The van der Waals surface area contributed by atoms with Gasteiger partial charge in [-0.25, -0.2) is 4.98 Å². The van der Waals surface area contributed by atoms with Gasteiger partial charge >= 0.3 is 6.18 Å². The van der Waals surface area contributed by atoms with Crippen molar-refractivity contribution < 1.29 is 13.2 Å². The molecule has 1 aliphatic heterocycles. The fourth-order valence-corrected chi connectivity index (χ4v) is 3.15. The monoisotopic (exact) mass is 323 g/mol. The van der Waals surface area contributed by atoms with Crippen LogP contribution in [0.2, 0.25) is 0 Å². The molecular weight excluding hydrogens is 303 g/mol. The Balaban J connectivity index is 1.69. The van der Waals surface area contributed by atoms with Crippen LogP contribution in [0.4, 0.5) is 13.2 Å². The van der Waals surface area contributed by atoms with Gasteiger partial charge in [0.1, 0.15) is 0 Å². The van der Waals surface area contributed by atoms with Crippen LogP contribution in [-0.2, 0) is 25.6 Å². The molecule has 0 saturated carbocycles. The average Bonchev–Trinajstić information content (AvgIpc) is 2.96. The first-order valence-corrected chi connectivity index (χ1v) is 7.92. The molecule has 0 aliphatic carbocycles. The number of nitrogens with zero attached hydrogens (tertiary/aromatic N) is 2. The number of hydrogen-bond acceptors (Lipinski definition) is 2. The third-order valence-corrected chi connectivity index (χ3v) is 4.37. The molecule has 0 fully saturated rings. The van der Waals surface area contributed by atoms with Gasteiger partial charge in [0.05, 0.1) is 23.3 Å². The van der Waals surface area contributed by atoms with E-state index in [9.17, 15) is 13.2 Å². The molecule has 2 aromatic rings. The summed E-state index contributed by atoms with van der Waals surface area (Å²) in [6.07, 6.45) is 0.0983. The van der Waals surface area contributed by atoms with Crippen molar-refractivity contribution >= 4 is 0 Å². The Morgan fingerprint density at radius 3 is 2.65 bits per heavy atom. The highest BCUT2D eigenvalue weighted by molar-refractivity contribution is 5.25. The number of benzene rings is 1. The SMILES string of the molecule is CCc1ncn2c1C(CCc1ccc(C(F)(F)F)cc1)NCC2. The molecule has 3 nitrogen and oxygen atoms in total. The van der Waals surface area contributed by atoms with Gasteiger partial charge in [0.2, 0.25) is 0 Å². The quantitative estimate of drug-likeness (QED) is 0.929. The predicted molar refractivity (Wildman–Crippen MR) is 82.1 cm³/mol. The largest absolute Gasteiger partial charge is 0.416 e. The number of nitrogens with one attached hydrogen (secondary N) is 1. The number of aryl methyl sites for hydroxylation is 2. The highest BCUT2D eigenvalue weighted by Gasteiger charge is 2.30. The lowest BCUT2D eigenvalue weighted by Gasteiger charge is -2.27. The maximum atomic E-state index is 12.6. The summed E-state index contributed by atoms with van der Waals surface area (Å²) in [6, 6.07) is 5.67. The fourth-order valence-electron chi connectivity index (χ4n) is 3.15. The van der Waals surface area contributed by atoms with Gasteiger partial charge in [0.25, 0.3) is 0 Å². The minimum atomic E-state index is -4.27. The maximum absolute atomic E-state index is 12.6. The van der Waals surface area contributed by atoms with Crippen molar-refractivity contribution in [1.29, 1.82) is 0 Å². The van der Waals surface area contributed by atoms with Crippen LogP contribution in [0.25, 0.3) is 0 Å². The summed E-state index contributed by atoms with van der Waals surface area (Å²) in [5.41, 5.74) is 2.66. The second-order valence-corrected chi connectivity index (χ2v) is 5.86. The fraction of sp³-hybridized carbons (Fsp3) is 0.471. The predicted octanol–water partition coefficient (Wildman–Crippen LogP) is 3.74. The minimum absolute atomic E-state index is 0.212. The molecule has 1 aliphatic rings. The summed E-state index contributed by atoms with van der Waals surface area (Å²) in [5, 5.41) is 3.50. The highest BCUT2D eigenvalue weighted by Crippen LogP contribution is 2.30. The van der Waals surface area contributed by atoms with E-state index in [-0.39, 0.29) is 6.04 Å². The van der Waals surface area contributed by atoms with Crippen LogP contribution < -0.4 is 5.32 Å². The Hall–Kier alpha value is -1.82. The van der Waals surface area contributed by atoms with Crippen molar-refractivity contribution in [3.05, 3.63) is 53.1 Å². The Bertz CT molecular complexity index is 645. The number of hydrogen-bond donors (Lipinski definition) is 1. The van der Waals surface area contributed by atoms with Crippen LogP contribution in [0.3, 0.4) is 0 Å². The van der Waals surface area contributed by atoms with Crippen LogP contribution >= 0.6 is 0 Å². The molecule has 124 valence electrons. The minimum Gasteiger partial charge on any atom is -0.332 e. The zero-order valence-electron chi connectivity index (χ0n) is 13.0. The van der Waals surface area contributed by atoms with Gasteiger partial charge in [0.15, 0.2) is 0 Å². The summed E-state index contributed by atoms with van der Waals surface area (Å²) in [6.45, 7) is 3.90. The lowest BCUT2D eigenvalue weighted by atomic mass is 9.99. The normalized spacial score (nSPS) is 18.0. The summed E-state index contributed by atoms with van der Waals surface area (Å²) in [5.74, 6) is 0. The number of fused-ring (bicyclic) bond motifs is 1. The molecule has 0 radical (unpaired) electrons. The standard InChI is InChI=1S/C17H20F3N3/c1-2-14-16-15(21-9-10-23(16)11-22-14)8-5-12-3-6-13(7-4-12)17(18,19)20/h3-4,6-7,11,15,21H,2,5,8-10H2,1H3. The Labute approximate surface area is 133 Å². The van der Waals surface area contributed by atoms with Crippen molar-refractivity contribution in [3.8, 4) is 0 Å². The number of imidazole rings is 1. The maximum Gasteiger partial charge on any atom is 0.416 e. The molecule has 23 heavy (non-hydrogen) atoms. The van der Waals surface area contributed by atoms with E-state index < -0.39 is 11.7 Å². The van der Waals surface area contributed by atoms with E-state index in [1.165, 1.54) is 5.69 Å². The number of halogens is 3. The second kappa shape index (κ2) is 6.35. The van der Waals surface area contributed by atoms with Gasteiger partial charge in [-0.05, 0) is 37.0 Å². The molecule has 6 heteroatoms. The lowest BCUT2D eigenvalue weighted by molar-refractivity contribution is -0.137. The third kappa shape index (κ3) is 3.42. The van der Waals surface area contributed by atoms with E-state index in [0.29, 0.717) is 0 Å². The Morgan fingerprint density at radius 1 is 1.26 bits per heavy atom. The van der Waals surface area contributed by atoms with Crippen LogP contribution in [-0.4, -0.2) is 16.1 Å². The van der Waals surface area contributed by atoms with Crippen LogP contribution in [0.1, 0.15) is 41.9 Å². The van der Waals surface area contributed by atoms with Crippen LogP contribution in [0.5, 0.6) is 0 Å². The van der Waals surface area contributed by atoms with Crippen molar-refractivity contribution in [2.24, 2.45) is 0 Å². The van der Waals surface area contributed by atoms with Crippen LogP contribution in [0, 0.1) is 0 Å². The van der Waals surface area contributed by atoms with E-state index in [1.807, 2.05) is 6.33 Å². The van der Waals surface area contributed by atoms with E-state index >= 15 is 0 Å². The molecule has 1 atom stereocenters. The van der Waals surface area contributed by atoms with Gasteiger partial charge < -0.3 is 9.88 Å². The van der Waals surface area contributed by atoms with Gasteiger partial charge in [-0.15, -0.1) is 0 Å². The molecule has 2 heterocycles. The molecule has 0 bridgehead atoms. The van der Waals surface area contributed by atoms with E-state index in [4.69, 9.17) is 0 Å². The molecule has 3 rings (SSSR count). The zero-order valence-corrected chi connectivity index (χ0v) is 13.0. The Morgan fingerprint density at radius 2 is 2.00 bits per heavy atom. The molecule has 0 amide bonds. The van der Waals surface area contributed by atoms with Gasteiger partial charge in [-0.3, -0.25) is 0 Å². The van der Waals surface area contributed by atoms with E-state index in [2.05, 4.69) is 21.8 Å². The molecule has 1 unspecified atom stereocenters. The molecule has 1 N–H and O–H groups in total. The molecule has 0 spiro atoms. The molecular formula is C17H20F3N3. The average molecular weight is 323 g/mol. The Kier molecular flexibility index (Phi) is 4.43. The molecule has 1 aromatic carbocycles. The van der Waals surface area contributed by atoms with Crippen molar-refractivity contribution in [3.63, 3.8) is 0 Å². The third-order valence-electron chi connectivity index (χ3n) is 4.37. The van der Waals surface area contributed by atoms with Gasteiger partial charge in [-0.2, -0.15) is 13.2 Å². The van der Waals surface area contributed by atoms with Gasteiger partial charge in [0, 0.05) is 19.1 Å². The van der Waals surface area contributed by atoms with Crippen molar-refractivity contribution in [2.45, 2.75) is 44.9 Å². The van der Waals surface area contributed by atoms with Gasteiger partial charge in [-0.1, -0.05) is 19.1 Å². The van der Waals surface area contributed by atoms with Crippen LogP contribution in [0.15, 0.2) is 30.6 Å². The molecule has 0 saturated heterocycles. The first kappa shape index (κ1) is 16.1. The van der Waals surface area contributed by atoms with Crippen molar-refractivity contribution in [1.82, 2.24) is 14.9 Å². The number of rotatable bonds is 4. The lowest BCUT2D eigenvalue weighted by Crippen LogP contribution is -2.33. The van der Waals surface area contributed by atoms with E-state index in [0.717, 1.165) is 55.7 Å². The smallest absolute Gasteiger partial charge is 0.332 e. The summed E-state index contributed by atoms with van der Waals surface area (Å²) >= 11 is 0. The second-order valence-electron chi connectivity index (χ2n) is 5.86. The number of aromatic nitrogens is 2. The summed E-state index contributed by atoms with van der Waals surface area (Å²) in [4.78, 5) is 4.46. The first-order valence-electron chi connectivity index (χ1n) is 7.92. The highest BCUT2D eigenvalue weighted by atomic mass is 19.4. The first-order chi connectivity index (χ1) is 11.0.